The van der Waals surface area contributed by atoms with Crippen molar-refractivity contribution >= 4 is 35.1 Å². The smallest absolute Gasteiger partial charge is 0.308 e. The molecule has 0 aromatic heterocycles. The minimum atomic E-state index is -0.940. The lowest BCUT2D eigenvalue weighted by atomic mass is 9.98. The number of likely N-dealkylation sites (tertiary alicyclic amines) is 1. The second-order valence-electron chi connectivity index (χ2n) is 6.10. The van der Waals surface area contributed by atoms with Crippen molar-refractivity contribution in [1.82, 2.24) is 9.80 Å². The lowest BCUT2D eigenvalue weighted by Crippen LogP contribution is -2.46. The van der Waals surface area contributed by atoms with Crippen LogP contribution in [0.4, 0.5) is 5.69 Å². The largest absolute Gasteiger partial charge is 0.481 e. The number of rotatable bonds is 5. The van der Waals surface area contributed by atoms with Gasteiger partial charge >= 0.3 is 5.97 Å². The minimum absolute atomic E-state index is 0.0506. The van der Waals surface area contributed by atoms with E-state index in [1.165, 1.54) is 18.0 Å². The van der Waals surface area contributed by atoms with Crippen LogP contribution in [0, 0.1) is 16.0 Å². The standard InChI is InChI=1S/C16H18ClN3O6/c1-18(9-14(21)19-6-2-3-10(8-19)16(23)24)15(22)12-5-4-11(20(25)26)7-13(12)17/h4-5,7,10H,2-3,6,8-9H2,1H3,(H,23,24). The molecule has 10 heteroatoms. The van der Waals surface area contributed by atoms with Gasteiger partial charge < -0.3 is 14.9 Å². The molecule has 140 valence electrons. The SMILES string of the molecule is CN(CC(=O)N1CCCC(C(=O)O)C1)C(=O)c1ccc([N+](=O)[O-])cc1Cl. The number of carbonyl (C=O) groups is 3. The predicted octanol–water partition coefficient (Wildman–Crippen LogP) is 1.64. The number of carboxylic acid groups (broad SMARTS) is 1. The average Bonchev–Trinajstić information content (AvgIpc) is 2.60. The summed E-state index contributed by atoms with van der Waals surface area (Å²) in [6, 6.07) is 3.48. The highest BCUT2D eigenvalue weighted by atomic mass is 35.5. The molecule has 2 rings (SSSR count). The first-order valence-corrected chi connectivity index (χ1v) is 8.28. The molecular formula is C16H18ClN3O6. The van der Waals surface area contributed by atoms with Crippen molar-refractivity contribution in [3.63, 3.8) is 0 Å². The van der Waals surface area contributed by atoms with E-state index in [4.69, 9.17) is 16.7 Å². The number of amides is 2. The zero-order chi connectivity index (χ0) is 19.4. The number of aliphatic carboxylic acids is 1. The third kappa shape index (κ3) is 4.48. The molecule has 2 amide bonds. The fourth-order valence-corrected chi connectivity index (χ4v) is 3.03. The van der Waals surface area contributed by atoms with Crippen molar-refractivity contribution < 1.29 is 24.4 Å². The molecule has 9 nitrogen and oxygen atoms in total. The molecule has 1 aliphatic heterocycles. The van der Waals surface area contributed by atoms with Crippen LogP contribution in [0.25, 0.3) is 0 Å². The molecular weight excluding hydrogens is 366 g/mol. The van der Waals surface area contributed by atoms with E-state index >= 15 is 0 Å². The number of carbonyl (C=O) groups excluding carboxylic acids is 2. The van der Waals surface area contributed by atoms with Crippen LogP contribution in [0.2, 0.25) is 5.02 Å². The Morgan fingerprint density at radius 1 is 1.42 bits per heavy atom. The summed E-state index contributed by atoms with van der Waals surface area (Å²) in [6.07, 6.45) is 1.11. The summed E-state index contributed by atoms with van der Waals surface area (Å²) in [5.41, 5.74) is -0.187. The quantitative estimate of drug-likeness (QED) is 0.609. The molecule has 1 aromatic carbocycles. The molecule has 1 aliphatic rings. The number of likely N-dealkylation sites (N-methyl/N-ethyl adjacent to an activating group) is 1. The van der Waals surface area contributed by atoms with E-state index in [9.17, 15) is 24.5 Å². The minimum Gasteiger partial charge on any atom is -0.481 e. The highest BCUT2D eigenvalue weighted by Gasteiger charge is 2.29. The topological polar surface area (TPSA) is 121 Å². The first-order valence-electron chi connectivity index (χ1n) is 7.90. The van der Waals surface area contributed by atoms with Gasteiger partial charge in [0.1, 0.15) is 0 Å². The first-order chi connectivity index (χ1) is 12.2. The van der Waals surface area contributed by atoms with Crippen LogP contribution < -0.4 is 0 Å². The summed E-state index contributed by atoms with van der Waals surface area (Å²) < 4.78 is 0. The molecule has 0 spiro atoms. The van der Waals surface area contributed by atoms with Crippen LogP contribution in [-0.4, -0.2) is 64.3 Å². The summed E-state index contributed by atoms with van der Waals surface area (Å²) >= 11 is 5.94. The van der Waals surface area contributed by atoms with Gasteiger partial charge in [-0.3, -0.25) is 24.5 Å². The monoisotopic (exact) mass is 383 g/mol. The molecule has 0 bridgehead atoms. The Morgan fingerprint density at radius 3 is 2.69 bits per heavy atom. The summed E-state index contributed by atoms with van der Waals surface area (Å²) in [7, 11) is 1.41. The van der Waals surface area contributed by atoms with Crippen LogP contribution in [0.15, 0.2) is 18.2 Å². The zero-order valence-corrected chi connectivity index (χ0v) is 14.8. The number of hydrogen-bond acceptors (Lipinski definition) is 5. The van der Waals surface area contributed by atoms with E-state index in [2.05, 4.69) is 0 Å². The maximum atomic E-state index is 12.4. The Bertz CT molecular complexity index is 754. The first kappa shape index (κ1) is 19.6. The number of nitrogens with zero attached hydrogens (tertiary/aromatic N) is 3. The van der Waals surface area contributed by atoms with E-state index < -0.39 is 22.7 Å². The Balaban J connectivity index is 2.03. The number of nitro benzene ring substituents is 1. The molecule has 1 saturated heterocycles. The van der Waals surface area contributed by atoms with Crippen LogP contribution in [0.3, 0.4) is 0 Å². The fraction of sp³-hybridized carbons (Fsp3) is 0.438. The van der Waals surface area contributed by atoms with Crippen molar-refractivity contribution in [2.24, 2.45) is 5.92 Å². The molecule has 1 heterocycles. The van der Waals surface area contributed by atoms with E-state index in [-0.39, 0.29) is 35.3 Å². The molecule has 0 radical (unpaired) electrons. The Hall–Kier alpha value is -2.68. The molecule has 0 saturated carbocycles. The lowest BCUT2D eigenvalue weighted by molar-refractivity contribution is -0.384. The summed E-state index contributed by atoms with van der Waals surface area (Å²) in [6.45, 7) is 0.329. The van der Waals surface area contributed by atoms with Crippen LogP contribution in [-0.2, 0) is 9.59 Å². The fourth-order valence-electron chi connectivity index (χ4n) is 2.78. The zero-order valence-electron chi connectivity index (χ0n) is 14.1. The van der Waals surface area contributed by atoms with E-state index in [0.717, 1.165) is 17.0 Å². The maximum Gasteiger partial charge on any atom is 0.308 e. The van der Waals surface area contributed by atoms with Gasteiger partial charge in [-0.2, -0.15) is 0 Å². The van der Waals surface area contributed by atoms with Gasteiger partial charge in [-0.15, -0.1) is 0 Å². The number of non-ortho nitro benzene ring substituents is 1. The van der Waals surface area contributed by atoms with E-state index in [1.54, 1.807) is 0 Å². The Morgan fingerprint density at radius 2 is 2.12 bits per heavy atom. The summed E-state index contributed by atoms with van der Waals surface area (Å²) in [4.78, 5) is 48.6. The Kier molecular flexibility index (Phi) is 6.14. The summed E-state index contributed by atoms with van der Waals surface area (Å²) in [5.74, 6) is -2.45. The highest BCUT2D eigenvalue weighted by Crippen LogP contribution is 2.23. The van der Waals surface area contributed by atoms with Crippen molar-refractivity contribution in [3.05, 3.63) is 38.9 Å². The van der Waals surface area contributed by atoms with Gasteiger partial charge in [-0.1, -0.05) is 11.6 Å². The molecule has 1 aromatic rings. The van der Waals surface area contributed by atoms with Crippen LogP contribution >= 0.6 is 11.6 Å². The number of benzene rings is 1. The summed E-state index contributed by atoms with van der Waals surface area (Å²) in [5, 5.41) is 19.7. The van der Waals surface area contributed by atoms with Crippen LogP contribution in [0.5, 0.6) is 0 Å². The molecule has 1 N–H and O–H groups in total. The lowest BCUT2D eigenvalue weighted by Gasteiger charge is -2.32. The van der Waals surface area contributed by atoms with E-state index in [0.29, 0.717) is 19.4 Å². The van der Waals surface area contributed by atoms with Crippen molar-refractivity contribution in [1.29, 1.82) is 0 Å². The second-order valence-corrected chi connectivity index (χ2v) is 6.51. The second kappa shape index (κ2) is 8.13. The average molecular weight is 384 g/mol. The van der Waals surface area contributed by atoms with E-state index in [1.807, 2.05) is 0 Å². The Labute approximate surface area is 154 Å². The van der Waals surface area contributed by atoms with Gasteiger partial charge in [0.05, 0.1) is 28.0 Å². The molecule has 26 heavy (non-hydrogen) atoms. The number of piperidine rings is 1. The van der Waals surface area contributed by atoms with Crippen LogP contribution in [0.1, 0.15) is 23.2 Å². The molecule has 1 unspecified atom stereocenters. The molecule has 1 fully saturated rings. The van der Waals surface area contributed by atoms with Crippen molar-refractivity contribution in [3.8, 4) is 0 Å². The number of halogens is 1. The number of hydrogen-bond donors (Lipinski definition) is 1. The normalized spacial score (nSPS) is 16.8. The maximum absolute atomic E-state index is 12.4. The van der Waals surface area contributed by atoms with Gasteiger partial charge in [0.15, 0.2) is 0 Å². The molecule has 1 atom stereocenters. The van der Waals surface area contributed by atoms with Crippen molar-refractivity contribution in [2.45, 2.75) is 12.8 Å². The van der Waals surface area contributed by atoms with Gasteiger partial charge in [0.2, 0.25) is 5.91 Å². The van der Waals surface area contributed by atoms with Gasteiger partial charge in [-0.05, 0) is 18.9 Å². The third-order valence-electron chi connectivity index (χ3n) is 4.24. The van der Waals surface area contributed by atoms with Gasteiger partial charge in [0.25, 0.3) is 11.6 Å². The third-order valence-corrected chi connectivity index (χ3v) is 4.55. The molecule has 0 aliphatic carbocycles. The van der Waals surface area contributed by atoms with Gasteiger partial charge in [-0.25, -0.2) is 0 Å². The van der Waals surface area contributed by atoms with Gasteiger partial charge in [0, 0.05) is 32.3 Å². The number of carboxylic acids is 1. The predicted molar refractivity (Wildman–Crippen MR) is 92.0 cm³/mol. The highest BCUT2D eigenvalue weighted by molar-refractivity contribution is 6.34. The number of nitro groups is 1. The van der Waals surface area contributed by atoms with Crippen molar-refractivity contribution in [2.75, 3.05) is 26.7 Å².